The number of nitrogens with one attached hydrogen (secondary N) is 2. The maximum Gasteiger partial charge on any atom is 0.0658 e. The van der Waals surface area contributed by atoms with Crippen molar-refractivity contribution >= 4 is 46.4 Å². The second kappa shape index (κ2) is 7.24. The molecule has 0 aliphatic carbocycles. The van der Waals surface area contributed by atoms with Gasteiger partial charge in [0.2, 0.25) is 0 Å². The number of H-pyrrole nitrogens is 2. The van der Waals surface area contributed by atoms with Crippen LogP contribution in [0.25, 0.3) is 46.4 Å². The van der Waals surface area contributed by atoms with Gasteiger partial charge in [0, 0.05) is 43.1 Å². The van der Waals surface area contributed by atoms with Crippen LogP contribution in [-0.2, 0) is 21.1 Å². The molecular weight excluding hydrogens is 507 g/mol. The van der Waals surface area contributed by atoms with E-state index in [4.69, 9.17) is 0 Å². The zero-order chi connectivity index (χ0) is 15.9. The Morgan fingerprint density at radius 3 is 1.04 bits per heavy atom. The van der Waals surface area contributed by atoms with Crippen molar-refractivity contribution in [2.24, 2.45) is 0 Å². The Morgan fingerprint density at radius 2 is 0.769 bits per heavy atom. The number of nitrogens with zero attached hydrogens (tertiary/aromatic N) is 2. The van der Waals surface area contributed by atoms with Crippen molar-refractivity contribution in [1.29, 1.82) is 0 Å². The van der Waals surface area contributed by atoms with Gasteiger partial charge in [0.25, 0.3) is 0 Å². The van der Waals surface area contributed by atoms with E-state index in [1.165, 1.54) is 0 Å². The van der Waals surface area contributed by atoms with Crippen molar-refractivity contribution in [3.05, 3.63) is 71.3 Å². The monoisotopic (exact) mass is 523 g/mol. The summed E-state index contributed by atoms with van der Waals surface area (Å²) in [6.07, 6.45) is 8.09. The molecule has 0 atom stereocenters. The summed E-state index contributed by atoms with van der Waals surface area (Å²) >= 11 is 0. The summed E-state index contributed by atoms with van der Waals surface area (Å²) < 4.78 is 0. The first-order chi connectivity index (χ1) is 11.8. The van der Waals surface area contributed by atoms with Crippen LogP contribution in [0.4, 0.5) is 0 Å². The summed E-state index contributed by atoms with van der Waals surface area (Å²) in [5.74, 6) is 0. The molecule has 4 N–H and O–H groups in total. The van der Waals surface area contributed by atoms with E-state index < -0.39 is 0 Å². The summed E-state index contributed by atoms with van der Waals surface area (Å²) in [7, 11) is 0. The van der Waals surface area contributed by atoms with E-state index in [9.17, 15) is 0 Å². The van der Waals surface area contributed by atoms with E-state index in [-0.39, 0.29) is 26.5 Å². The molecule has 0 fully saturated rings. The van der Waals surface area contributed by atoms with Crippen LogP contribution in [0, 0.1) is 0 Å². The minimum atomic E-state index is 0. The molecule has 3 aromatic heterocycles. The van der Waals surface area contributed by atoms with Crippen LogP contribution < -0.4 is 0 Å². The van der Waals surface area contributed by atoms with Gasteiger partial charge < -0.3 is 15.4 Å². The molecule has 0 aromatic carbocycles. The molecule has 26 heavy (non-hydrogen) atoms. The first-order valence-electron chi connectivity index (χ1n) is 7.85. The quantitative estimate of drug-likeness (QED) is 0.323. The van der Waals surface area contributed by atoms with Crippen LogP contribution in [0.15, 0.2) is 48.5 Å². The molecule has 132 valence electrons. The van der Waals surface area contributed by atoms with Gasteiger partial charge in [0.15, 0.2) is 0 Å². The molecular formula is C20H16N4OPt. The fourth-order valence-corrected chi connectivity index (χ4v) is 2.94. The van der Waals surface area contributed by atoms with E-state index in [2.05, 4.69) is 44.2 Å². The maximum absolute atomic E-state index is 4.63. The zero-order valence-electron chi connectivity index (χ0n) is 13.6. The largest absolute Gasteiger partial charge is 0.412 e. The van der Waals surface area contributed by atoms with Crippen molar-refractivity contribution in [1.82, 2.24) is 19.9 Å². The van der Waals surface area contributed by atoms with Crippen molar-refractivity contribution < 1.29 is 26.5 Å². The van der Waals surface area contributed by atoms with Gasteiger partial charge in [0.05, 0.1) is 22.8 Å². The van der Waals surface area contributed by atoms with E-state index in [1.807, 2.05) is 48.6 Å². The second-order valence-corrected chi connectivity index (χ2v) is 5.91. The summed E-state index contributed by atoms with van der Waals surface area (Å²) in [5, 5.41) is 0. The van der Waals surface area contributed by atoms with Crippen LogP contribution in [-0.4, -0.2) is 25.4 Å². The molecule has 0 unspecified atom stereocenters. The van der Waals surface area contributed by atoms with Crippen molar-refractivity contribution in [2.75, 3.05) is 0 Å². The van der Waals surface area contributed by atoms with Gasteiger partial charge in [-0.3, -0.25) is 0 Å². The standard InChI is InChI=1S/C20H14N4.H2O.Pt/c1-2-14-10-16-5-6-18(23-16)12-20-8-7-19(24-20)11-17-4-3-15(22-17)9-13(1)21-14;;/h1-12,21,24H;1H2;. The van der Waals surface area contributed by atoms with Crippen LogP contribution in [0.3, 0.4) is 0 Å². The molecule has 0 spiro atoms. The van der Waals surface area contributed by atoms with Crippen molar-refractivity contribution in [3.8, 4) is 0 Å². The molecule has 0 saturated carbocycles. The van der Waals surface area contributed by atoms with E-state index in [1.54, 1.807) is 0 Å². The van der Waals surface area contributed by atoms with Crippen LogP contribution in [0.5, 0.6) is 0 Å². The predicted octanol–water partition coefficient (Wildman–Crippen LogP) is 3.83. The summed E-state index contributed by atoms with van der Waals surface area (Å²) in [5.41, 5.74) is 7.86. The third-order valence-electron chi connectivity index (χ3n) is 4.04. The molecule has 2 aliphatic rings. The first kappa shape index (κ1) is 18.1. The molecule has 0 saturated heterocycles. The van der Waals surface area contributed by atoms with Gasteiger partial charge in [-0.15, -0.1) is 0 Å². The van der Waals surface area contributed by atoms with Gasteiger partial charge in [-0.25, -0.2) is 9.97 Å². The van der Waals surface area contributed by atoms with E-state index in [0.717, 1.165) is 44.8 Å². The van der Waals surface area contributed by atoms with Gasteiger partial charge in [-0.1, -0.05) is 0 Å². The van der Waals surface area contributed by atoms with E-state index >= 15 is 0 Å². The van der Waals surface area contributed by atoms with E-state index in [0.29, 0.717) is 0 Å². The Balaban J connectivity index is 0.000000980. The van der Waals surface area contributed by atoms with Crippen LogP contribution >= 0.6 is 0 Å². The van der Waals surface area contributed by atoms with Gasteiger partial charge in [-0.05, 0) is 72.8 Å². The smallest absolute Gasteiger partial charge is 0.0658 e. The number of fused-ring (bicyclic) bond motifs is 8. The number of aromatic nitrogens is 4. The molecule has 5 nitrogen and oxygen atoms in total. The summed E-state index contributed by atoms with van der Waals surface area (Å²) in [6, 6.07) is 16.4. The first-order valence-corrected chi connectivity index (χ1v) is 7.85. The number of aromatic amines is 2. The number of hydrogen-bond donors (Lipinski definition) is 2. The SMILES string of the molecule is C1=Cc2cc3ccc(cc4nc(cc5ccc(cc1n2)[nH]5)C=C4)[nH]3.O.[Pt]. The topological polar surface area (TPSA) is 88.9 Å². The Morgan fingerprint density at radius 1 is 0.500 bits per heavy atom. The molecule has 5 heterocycles. The van der Waals surface area contributed by atoms with Gasteiger partial charge in [-0.2, -0.15) is 0 Å². The van der Waals surface area contributed by atoms with Crippen LogP contribution in [0.1, 0.15) is 22.8 Å². The van der Waals surface area contributed by atoms with Gasteiger partial charge >= 0.3 is 0 Å². The third-order valence-corrected chi connectivity index (χ3v) is 4.04. The van der Waals surface area contributed by atoms with Crippen molar-refractivity contribution in [3.63, 3.8) is 0 Å². The normalized spacial score (nSPS) is 11.7. The average molecular weight is 523 g/mol. The molecule has 3 aromatic rings. The Hall–Kier alpha value is -2.75. The molecule has 2 aliphatic heterocycles. The Kier molecular flexibility index (Phi) is 5.03. The fourth-order valence-electron chi connectivity index (χ4n) is 2.94. The van der Waals surface area contributed by atoms with Crippen LogP contribution in [0.2, 0.25) is 0 Å². The minimum absolute atomic E-state index is 0. The predicted molar refractivity (Wildman–Crippen MR) is 102 cm³/mol. The molecule has 0 radical (unpaired) electrons. The third kappa shape index (κ3) is 3.59. The second-order valence-electron chi connectivity index (χ2n) is 5.91. The summed E-state index contributed by atoms with van der Waals surface area (Å²) in [4.78, 5) is 16.0. The molecule has 5 rings (SSSR count). The Bertz CT molecular complexity index is 996. The average Bonchev–Trinajstić information content (AvgIpc) is 3.32. The summed E-state index contributed by atoms with van der Waals surface area (Å²) in [6.45, 7) is 0. The number of hydrogen-bond acceptors (Lipinski definition) is 2. The number of rotatable bonds is 0. The van der Waals surface area contributed by atoms with Crippen molar-refractivity contribution in [2.45, 2.75) is 0 Å². The fraction of sp³-hybridized carbons (Fsp3) is 0. The maximum atomic E-state index is 4.63. The van der Waals surface area contributed by atoms with Gasteiger partial charge in [0.1, 0.15) is 0 Å². The Labute approximate surface area is 164 Å². The molecule has 6 heteroatoms. The molecule has 0 amide bonds. The zero-order valence-corrected chi connectivity index (χ0v) is 15.9. The molecule has 8 bridgehead atoms. The minimum Gasteiger partial charge on any atom is -0.412 e.